The van der Waals surface area contributed by atoms with Crippen LogP contribution in [0.2, 0.25) is 0 Å². The number of hydrogen-bond acceptors (Lipinski definition) is 6. The number of para-hydroxylation sites is 1. The van der Waals surface area contributed by atoms with Gasteiger partial charge in [-0.2, -0.15) is 0 Å². The molecule has 228 valence electrons. The zero-order chi connectivity index (χ0) is 29.7. The second-order valence-electron chi connectivity index (χ2n) is 10.8. The van der Waals surface area contributed by atoms with Crippen molar-refractivity contribution >= 4 is 33.1 Å². The van der Waals surface area contributed by atoms with Crippen LogP contribution in [-0.2, 0) is 23.3 Å². The molecule has 9 heteroatoms. The zero-order valence-corrected chi connectivity index (χ0v) is 27.3. The summed E-state index contributed by atoms with van der Waals surface area (Å²) in [5.41, 5.74) is 4.05. The number of ether oxygens (including phenoxy) is 3. The van der Waals surface area contributed by atoms with Crippen LogP contribution in [0.1, 0.15) is 42.9 Å². The van der Waals surface area contributed by atoms with E-state index in [1.54, 1.807) is 43.1 Å². The lowest BCUT2D eigenvalue weighted by molar-refractivity contribution is 0.264. The van der Waals surface area contributed by atoms with Gasteiger partial charge in [-0.15, -0.1) is 12.4 Å². The van der Waals surface area contributed by atoms with E-state index >= 15 is 0 Å². The van der Waals surface area contributed by atoms with E-state index in [1.165, 1.54) is 5.56 Å². The van der Waals surface area contributed by atoms with E-state index in [-0.39, 0.29) is 23.2 Å². The van der Waals surface area contributed by atoms with Crippen molar-refractivity contribution in [1.29, 1.82) is 0 Å². The van der Waals surface area contributed by atoms with E-state index in [0.717, 1.165) is 59.5 Å². The Morgan fingerprint density at radius 2 is 1.64 bits per heavy atom. The number of benzene rings is 3. The van der Waals surface area contributed by atoms with Gasteiger partial charge in [0.1, 0.15) is 10.8 Å². The highest BCUT2D eigenvalue weighted by Gasteiger charge is 2.29. The maximum atomic E-state index is 13.8. The summed E-state index contributed by atoms with van der Waals surface area (Å²) in [5, 5.41) is 1.33. The van der Waals surface area contributed by atoms with E-state index in [2.05, 4.69) is 18.0 Å². The lowest BCUT2D eigenvalue weighted by Gasteiger charge is -2.18. The fraction of sp³-hybridized carbons (Fsp3) is 0.394. The van der Waals surface area contributed by atoms with Gasteiger partial charge in [0.2, 0.25) is 9.84 Å². The number of sulfone groups is 1. The van der Waals surface area contributed by atoms with Crippen molar-refractivity contribution in [1.82, 2.24) is 9.47 Å². The third-order valence-electron chi connectivity index (χ3n) is 7.52. The molecule has 42 heavy (non-hydrogen) atoms. The lowest BCUT2D eigenvalue weighted by atomic mass is 10.0. The number of fused-ring (bicyclic) bond motifs is 1. The molecule has 0 aliphatic rings. The Labute approximate surface area is 256 Å². The van der Waals surface area contributed by atoms with Gasteiger partial charge in [-0.1, -0.05) is 38.1 Å². The number of nitrogens with zero attached hydrogens (tertiary/aromatic N) is 2. The standard InChI is InChI=1S/C33H42N2O5S.ClH/c1-23(2)31-28-11-8-9-12-29(28)35(5)33(31)41(36,37)27-15-13-26(14-16-27)40-20-10-18-34(4)19-17-25-21-24(3)32(39-7)30(22-25)38-6;/h8-9,11-16,21-23H,10,17-20H2,1-7H3;1H. The SMILES string of the molecule is COc1cc(CCN(C)CCCOc2ccc(S(=O)(=O)c3c(C(C)C)c4ccccc4n3C)cc2)cc(C)c1OC.Cl. The number of likely N-dealkylation sites (N-methyl/N-ethyl adjacent to an activating group) is 1. The first kappa shape index (κ1) is 33.3. The van der Waals surface area contributed by atoms with Crippen LogP contribution in [0.4, 0.5) is 0 Å². The second-order valence-corrected chi connectivity index (χ2v) is 12.7. The van der Waals surface area contributed by atoms with Gasteiger partial charge in [-0.05, 0) is 85.8 Å². The van der Waals surface area contributed by atoms with Crippen LogP contribution in [0.5, 0.6) is 17.2 Å². The molecule has 0 unspecified atom stereocenters. The zero-order valence-electron chi connectivity index (χ0n) is 25.6. The van der Waals surface area contributed by atoms with Gasteiger partial charge >= 0.3 is 0 Å². The number of rotatable bonds is 13. The van der Waals surface area contributed by atoms with Gasteiger partial charge < -0.3 is 23.7 Å². The van der Waals surface area contributed by atoms with Gasteiger partial charge in [0.25, 0.3) is 0 Å². The Morgan fingerprint density at radius 3 is 2.29 bits per heavy atom. The van der Waals surface area contributed by atoms with Crippen LogP contribution in [-0.4, -0.2) is 58.8 Å². The van der Waals surface area contributed by atoms with Crippen LogP contribution in [0, 0.1) is 6.92 Å². The molecule has 0 aliphatic carbocycles. The maximum absolute atomic E-state index is 13.8. The van der Waals surface area contributed by atoms with E-state index in [9.17, 15) is 8.42 Å². The number of hydrogen-bond donors (Lipinski definition) is 0. The smallest absolute Gasteiger partial charge is 0.222 e. The van der Waals surface area contributed by atoms with E-state index < -0.39 is 9.84 Å². The van der Waals surface area contributed by atoms with Gasteiger partial charge in [0.15, 0.2) is 11.5 Å². The quantitative estimate of drug-likeness (QED) is 0.154. The summed E-state index contributed by atoms with van der Waals surface area (Å²) in [6.07, 6.45) is 1.76. The topological polar surface area (TPSA) is 70.0 Å². The Kier molecular flexibility index (Phi) is 11.4. The molecule has 7 nitrogen and oxygen atoms in total. The summed E-state index contributed by atoms with van der Waals surface area (Å²) in [6.45, 7) is 8.44. The lowest BCUT2D eigenvalue weighted by Crippen LogP contribution is -2.23. The first-order valence-corrected chi connectivity index (χ1v) is 15.5. The van der Waals surface area contributed by atoms with Gasteiger partial charge in [0.05, 0.1) is 25.7 Å². The average molecular weight is 615 g/mol. The average Bonchev–Trinajstić information content (AvgIpc) is 3.27. The van der Waals surface area contributed by atoms with Crippen molar-refractivity contribution in [2.24, 2.45) is 7.05 Å². The molecule has 0 aliphatic heterocycles. The van der Waals surface area contributed by atoms with E-state index in [4.69, 9.17) is 14.2 Å². The number of aromatic nitrogens is 1. The summed E-state index contributed by atoms with van der Waals surface area (Å²) in [6, 6.07) is 18.8. The predicted molar refractivity (Wildman–Crippen MR) is 172 cm³/mol. The molecule has 0 N–H and O–H groups in total. The molecule has 0 fully saturated rings. The minimum Gasteiger partial charge on any atom is -0.494 e. The Hall–Kier alpha value is -3.20. The summed E-state index contributed by atoms with van der Waals surface area (Å²) >= 11 is 0. The molecule has 4 aromatic rings. The molecule has 0 bridgehead atoms. The van der Waals surface area contributed by atoms with Crippen molar-refractivity contribution in [2.75, 3.05) is 41.0 Å². The molecule has 4 rings (SSSR count). The summed E-state index contributed by atoms with van der Waals surface area (Å²) < 4.78 is 46.2. The third kappa shape index (κ3) is 7.05. The highest BCUT2D eigenvalue weighted by molar-refractivity contribution is 7.91. The fourth-order valence-electron chi connectivity index (χ4n) is 5.44. The second kappa shape index (κ2) is 14.3. The molecule has 0 spiro atoms. The Morgan fingerprint density at radius 1 is 0.952 bits per heavy atom. The summed E-state index contributed by atoms with van der Waals surface area (Å²) in [5.74, 6) is 2.26. The first-order chi connectivity index (χ1) is 19.6. The molecule has 1 aromatic heterocycles. The highest BCUT2D eigenvalue weighted by atomic mass is 35.5. The largest absolute Gasteiger partial charge is 0.494 e. The Bertz CT molecular complexity index is 1600. The van der Waals surface area contributed by atoms with Crippen molar-refractivity contribution in [2.45, 2.75) is 49.5 Å². The molecule has 3 aromatic carbocycles. The van der Waals surface area contributed by atoms with Gasteiger partial charge in [-0.3, -0.25) is 0 Å². The number of halogens is 1. The normalized spacial score (nSPS) is 11.6. The number of methoxy groups -OCH3 is 2. The molecule has 0 atom stereocenters. The minimum atomic E-state index is -3.71. The van der Waals surface area contributed by atoms with Crippen molar-refractivity contribution in [3.8, 4) is 17.2 Å². The van der Waals surface area contributed by atoms with Crippen LogP contribution in [0.3, 0.4) is 0 Å². The molecule has 0 saturated carbocycles. The molecular formula is C33H43ClN2O5S. The van der Waals surface area contributed by atoms with Crippen molar-refractivity contribution in [3.63, 3.8) is 0 Å². The van der Waals surface area contributed by atoms with Gasteiger partial charge in [-0.25, -0.2) is 8.42 Å². The number of aryl methyl sites for hydroxylation is 2. The maximum Gasteiger partial charge on any atom is 0.222 e. The van der Waals surface area contributed by atoms with Crippen molar-refractivity contribution in [3.05, 3.63) is 77.4 Å². The van der Waals surface area contributed by atoms with Crippen LogP contribution < -0.4 is 14.2 Å². The van der Waals surface area contributed by atoms with E-state index in [0.29, 0.717) is 17.4 Å². The molecule has 1 heterocycles. The molecular weight excluding hydrogens is 572 g/mol. The monoisotopic (exact) mass is 614 g/mol. The van der Waals surface area contributed by atoms with Crippen LogP contribution in [0.25, 0.3) is 10.9 Å². The van der Waals surface area contributed by atoms with Crippen LogP contribution in [0.15, 0.2) is 70.6 Å². The Balaban J connectivity index is 0.00000484. The van der Waals surface area contributed by atoms with Gasteiger partial charge in [0, 0.05) is 31.0 Å². The fourth-order valence-corrected chi connectivity index (χ4v) is 7.25. The molecule has 0 amide bonds. The van der Waals surface area contributed by atoms with Crippen LogP contribution >= 0.6 is 12.4 Å². The summed E-state index contributed by atoms with van der Waals surface area (Å²) in [7, 11) is 3.53. The molecule has 0 saturated heterocycles. The third-order valence-corrected chi connectivity index (χ3v) is 9.41. The van der Waals surface area contributed by atoms with E-state index in [1.807, 2.05) is 58.2 Å². The first-order valence-electron chi connectivity index (χ1n) is 14.0. The van der Waals surface area contributed by atoms with Crippen molar-refractivity contribution < 1.29 is 22.6 Å². The summed E-state index contributed by atoms with van der Waals surface area (Å²) in [4.78, 5) is 2.55. The highest BCUT2D eigenvalue weighted by Crippen LogP contribution is 2.37. The predicted octanol–water partition coefficient (Wildman–Crippen LogP) is 6.83. The minimum absolute atomic E-state index is 0. The molecule has 0 radical (unpaired) electrons.